The van der Waals surface area contributed by atoms with Gasteiger partial charge in [0.15, 0.2) is 0 Å². The number of hydrogen-bond acceptors (Lipinski definition) is 4. The molecule has 0 fully saturated rings. The monoisotopic (exact) mass is 322 g/mol. The van der Waals surface area contributed by atoms with Crippen LogP contribution in [0.25, 0.3) is 0 Å². The lowest BCUT2D eigenvalue weighted by Crippen LogP contribution is -2.28. The first kappa shape index (κ1) is 19.0. The van der Waals surface area contributed by atoms with Crippen molar-refractivity contribution in [3.63, 3.8) is 0 Å². The summed E-state index contributed by atoms with van der Waals surface area (Å²) in [5.41, 5.74) is 6.92. The van der Waals surface area contributed by atoms with Crippen molar-refractivity contribution < 1.29 is 14.3 Å². The maximum absolute atomic E-state index is 11.9. The van der Waals surface area contributed by atoms with E-state index in [4.69, 9.17) is 26.8 Å². The molecule has 0 aromatic heterocycles. The minimum absolute atomic E-state index is 0. The van der Waals surface area contributed by atoms with Crippen LogP contribution in [0.4, 0.5) is 5.69 Å². The molecule has 5 nitrogen and oxygen atoms in total. The van der Waals surface area contributed by atoms with Crippen molar-refractivity contribution in [3.8, 4) is 5.75 Å². The van der Waals surface area contributed by atoms with Gasteiger partial charge in [0.05, 0.1) is 25.3 Å². The Morgan fingerprint density at radius 3 is 2.60 bits per heavy atom. The molecule has 7 heteroatoms. The molecule has 0 saturated heterocycles. The molecule has 0 radical (unpaired) electrons. The molecule has 0 heterocycles. The van der Waals surface area contributed by atoms with Crippen LogP contribution in [0.5, 0.6) is 5.75 Å². The van der Waals surface area contributed by atoms with E-state index in [0.717, 1.165) is 5.56 Å². The van der Waals surface area contributed by atoms with Crippen molar-refractivity contribution in [2.75, 3.05) is 26.1 Å². The van der Waals surface area contributed by atoms with Gasteiger partial charge in [-0.1, -0.05) is 11.6 Å². The zero-order valence-corrected chi connectivity index (χ0v) is 13.3. The number of amides is 1. The number of halogens is 2. The van der Waals surface area contributed by atoms with E-state index in [1.54, 1.807) is 12.1 Å². The van der Waals surface area contributed by atoms with Gasteiger partial charge in [0.2, 0.25) is 5.91 Å². The number of carbonyl (C=O) groups excluding carboxylic acids is 1. The number of rotatable bonds is 6. The minimum atomic E-state index is -0.292. The Balaban J connectivity index is 0.00000361. The van der Waals surface area contributed by atoms with Crippen LogP contribution in [0.2, 0.25) is 5.02 Å². The van der Waals surface area contributed by atoms with Crippen molar-refractivity contribution in [1.29, 1.82) is 0 Å². The van der Waals surface area contributed by atoms with E-state index in [0.29, 0.717) is 23.0 Å². The molecule has 0 aliphatic heterocycles. The highest BCUT2D eigenvalue weighted by Crippen LogP contribution is 2.31. The summed E-state index contributed by atoms with van der Waals surface area (Å²) in [6.45, 7) is 2.15. The number of ether oxygens (including phenoxy) is 2. The molecule has 0 aliphatic carbocycles. The Hall–Kier alpha value is -1.01. The summed E-state index contributed by atoms with van der Waals surface area (Å²) in [5.74, 6) is 0.336. The van der Waals surface area contributed by atoms with Crippen molar-refractivity contribution in [1.82, 2.24) is 0 Å². The number of hydrogen-bond donors (Lipinski definition) is 2. The number of anilines is 1. The predicted molar refractivity (Wildman–Crippen MR) is 83.1 cm³/mol. The largest absolute Gasteiger partial charge is 0.495 e. The summed E-state index contributed by atoms with van der Waals surface area (Å²) in [7, 11) is 3.05. The molecule has 1 aromatic rings. The average molecular weight is 323 g/mol. The van der Waals surface area contributed by atoms with Crippen molar-refractivity contribution in [2.45, 2.75) is 19.4 Å². The fourth-order valence-electron chi connectivity index (χ4n) is 1.60. The van der Waals surface area contributed by atoms with Gasteiger partial charge >= 0.3 is 0 Å². The number of nitrogens with one attached hydrogen (secondary N) is 1. The summed E-state index contributed by atoms with van der Waals surface area (Å²) >= 11 is 6.00. The van der Waals surface area contributed by atoms with Crippen LogP contribution < -0.4 is 15.8 Å². The molecule has 1 atom stereocenters. The Morgan fingerprint density at radius 1 is 1.45 bits per heavy atom. The first-order valence-corrected chi connectivity index (χ1v) is 6.26. The quantitative estimate of drug-likeness (QED) is 0.843. The number of benzene rings is 1. The molecule has 0 bridgehead atoms. The lowest BCUT2D eigenvalue weighted by Gasteiger charge is -2.15. The molecular weight excluding hydrogens is 303 g/mol. The molecule has 20 heavy (non-hydrogen) atoms. The highest BCUT2D eigenvalue weighted by atomic mass is 35.5. The molecule has 3 N–H and O–H groups in total. The van der Waals surface area contributed by atoms with E-state index in [2.05, 4.69) is 5.32 Å². The molecule has 1 aromatic carbocycles. The highest BCUT2D eigenvalue weighted by molar-refractivity contribution is 6.31. The van der Waals surface area contributed by atoms with Crippen LogP contribution in [0.15, 0.2) is 12.1 Å². The standard InChI is InChI=1S/C13H19ClN2O3.ClH/c1-8-4-11(12(19-3)6-10(8)14)16-13(17)5-9(7-15)18-2;/h4,6,9H,5,7,15H2,1-3H3,(H,16,17);1H. The third-order valence-electron chi connectivity index (χ3n) is 2.76. The first-order valence-electron chi connectivity index (χ1n) is 5.88. The van der Waals surface area contributed by atoms with Crippen molar-refractivity contribution in [2.24, 2.45) is 5.73 Å². The maximum Gasteiger partial charge on any atom is 0.227 e. The normalized spacial score (nSPS) is 11.4. The van der Waals surface area contributed by atoms with Crippen LogP contribution >= 0.6 is 24.0 Å². The Kier molecular flexibility index (Phi) is 8.57. The number of methoxy groups -OCH3 is 2. The Bertz CT molecular complexity index is 451. The molecule has 1 rings (SSSR count). The van der Waals surface area contributed by atoms with Gasteiger partial charge in [-0.3, -0.25) is 4.79 Å². The second-order valence-electron chi connectivity index (χ2n) is 4.15. The van der Waals surface area contributed by atoms with Crippen LogP contribution in [-0.4, -0.2) is 32.8 Å². The third-order valence-corrected chi connectivity index (χ3v) is 3.17. The topological polar surface area (TPSA) is 73.6 Å². The number of nitrogens with two attached hydrogens (primary N) is 1. The van der Waals surface area contributed by atoms with Gasteiger partial charge in [-0.2, -0.15) is 0 Å². The van der Waals surface area contributed by atoms with Crippen LogP contribution in [0, 0.1) is 6.92 Å². The lowest BCUT2D eigenvalue weighted by molar-refractivity contribution is -0.118. The summed E-state index contributed by atoms with van der Waals surface area (Å²) in [4.78, 5) is 11.9. The zero-order valence-electron chi connectivity index (χ0n) is 11.7. The van der Waals surface area contributed by atoms with E-state index in [1.165, 1.54) is 14.2 Å². The van der Waals surface area contributed by atoms with E-state index < -0.39 is 0 Å². The Morgan fingerprint density at radius 2 is 2.10 bits per heavy atom. The number of aryl methyl sites for hydroxylation is 1. The first-order chi connectivity index (χ1) is 9.01. The average Bonchev–Trinajstić information content (AvgIpc) is 2.39. The van der Waals surface area contributed by atoms with Gasteiger partial charge in [-0.25, -0.2) is 0 Å². The second kappa shape index (κ2) is 9.02. The van der Waals surface area contributed by atoms with E-state index >= 15 is 0 Å². The molecule has 1 unspecified atom stereocenters. The van der Waals surface area contributed by atoms with Gasteiger partial charge in [0.25, 0.3) is 0 Å². The van der Waals surface area contributed by atoms with Crippen LogP contribution in [-0.2, 0) is 9.53 Å². The van der Waals surface area contributed by atoms with Crippen molar-refractivity contribution in [3.05, 3.63) is 22.7 Å². The zero-order chi connectivity index (χ0) is 14.4. The molecule has 0 saturated carbocycles. The number of carbonyl (C=O) groups is 1. The van der Waals surface area contributed by atoms with Crippen LogP contribution in [0.3, 0.4) is 0 Å². The molecule has 0 aliphatic rings. The van der Waals surface area contributed by atoms with E-state index in [9.17, 15) is 4.79 Å². The summed E-state index contributed by atoms with van der Waals surface area (Å²) < 4.78 is 10.3. The minimum Gasteiger partial charge on any atom is -0.495 e. The fraction of sp³-hybridized carbons (Fsp3) is 0.462. The third kappa shape index (κ3) is 5.17. The SMILES string of the molecule is COc1cc(Cl)c(C)cc1NC(=O)CC(CN)OC.Cl. The van der Waals surface area contributed by atoms with Gasteiger partial charge in [0.1, 0.15) is 5.75 Å². The van der Waals surface area contributed by atoms with Gasteiger partial charge in [-0.15, -0.1) is 12.4 Å². The smallest absolute Gasteiger partial charge is 0.227 e. The summed E-state index contributed by atoms with van der Waals surface area (Å²) in [6.07, 6.45) is -0.0999. The molecule has 0 spiro atoms. The highest BCUT2D eigenvalue weighted by Gasteiger charge is 2.14. The van der Waals surface area contributed by atoms with E-state index in [1.807, 2.05) is 6.92 Å². The molecule has 1 amide bonds. The maximum atomic E-state index is 11.9. The molecular formula is C13H20Cl2N2O3. The van der Waals surface area contributed by atoms with Gasteiger partial charge < -0.3 is 20.5 Å². The van der Waals surface area contributed by atoms with E-state index in [-0.39, 0.29) is 30.8 Å². The van der Waals surface area contributed by atoms with Crippen molar-refractivity contribution >= 4 is 35.6 Å². The molecule has 114 valence electrons. The second-order valence-corrected chi connectivity index (χ2v) is 4.55. The fourth-order valence-corrected chi connectivity index (χ4v) is 1.75. The Labute approximate surface area is 130 Å². The summed E-state index contributed by atoms with van der Waals surface area (Å²) in [5, 5.41) is 3.36. The van der Waals surface area contributed by atoms with Gasteiger partial charge in [0, 0.05) is 24.7 Å². The predicted octanol–water partition coefficient (Wildman–Crippen LogP) is 2.38. The van der Waals surface area contributed by atoms with Gasteiger partial charge in [-0.05, 0) is 18.6 Å². The summed E-state index contributed by atoms with van der Waals surface area (Å²) in [6, 6.07) is 3.44. The van der Waals surface area contributed by atoms with Crippen LogP contribution in [0.1, 0.15) is 12.0 Å². The lowest BCUT2D eigenvalue weighted by atomic mass is 10.2.